The highest BCUT2D eigenvalue weighted by molar-refractivity contribution is 5.97. The molecule has 1 amide bonds. The number of carboxylic acids is 1. The Bertz CT molecular complexity index is 622. The number of ether oxygens (including phenoxy) is 1. The van der Waals surface area contributed by atoms with Crippen LogP contribution in [0.15, 0.2) is 36.5 Å². The SMILES string of the molecule is Cn1ncc(C(=O)O)c1NC(=O)OCc1ccccc1. The van der Waals surface area contributed by atoms with Crippen molar-refractivity contribution in [2.45, 2.75) is 6.61 Å². The smallest absolute Gasteiger partial charge is 0.413 e. The molecule has 1 aromatic heterocycles. The fraction of sp³-hybridized carbons (Fsp3) is 0.154. The maximum Gasteiger partial charge on any atom is 0.413 e. The van der Waals surface area contributed by atoms with Crippen LogP contribution < -0.4 is 5.32 Å². The summed E-state index contributed by atoms with van der Waals surface area (Å²) in [4.78, 5) is 22.6. The molecule has 0 atom stereocenters. The second-order valence-corrected chi connectivity index (χ2v) is 4.02. The average molecular weight is 275 g/mol. The molecule has 0 bridgehead atoms. The number of hydrogen-bond acceptors (Lipinski definition) is 4. The van der Waals surface area contributed by atoms with Crippen LogP contribution in [-0.4, -0.2) is 26.9 Å². The van der Waals surface area contributed by atoms with E-state index in [1.807, 2.05) is 30.3 Å². The van der Waals surface area contributed by atoms with Crippen LogP contribution >= 0.6 is 0 Å². The first-order valence-electron chi connectivity index (χ1n) is 5.81. The predicted octanol–water partition coefficient (Wildman–Crippen LogP) is 1.87. The molecule has 0 aliphatic heterocycles. The van der Waals surface area contributed by atoms with Gasteiger partial charge in [-0.3, -0.25) is 10.00 Å². The quantitative estimate of drug-likeness (QED) is 0.888. The molecule has 0 aliphatic rings. The van der Waals surface area contributed by atoms with Crippen molar-refractivity contribution in [2.75, 3.05) is 5.32 Å². The van der Waals surface area contributed by atoms with Gasteiger partial charge < -0.3 is 9.84 Å². The molecule has 2 aromatic rings. The molecule has 0 radical (unpaired) electrons. The lowest BCUT2D eigenvalue weighted by Gasteiger charge is -2.08. The Balaban J connectivity index is 1.98. The number of aromatic carboxylic acids is 1. The molecule has 7 heteroatoms. The maximum absolute atomic E-state index is 11.6. The van der Waals surface area contributed by atoms with E-state index in [0.29, 0.717) is 0 Å². The molecule has 0 fully saturated rings. The van der Waals surface area contributed by atoms with Gasteiger partial charge in [0.15, 0.2) is 0 Å². The highest BCUT2D eigenvalue weighted by Crippen LogP contribution is 2.14. The van der Waals surface area contributed by atoms with E-state index in [2.05, 4.69) is 10.4 Å². The number of amides is 1. The van der Waals surface area contributed by atoms with E-state index in [9.17, 15) is 9.59 Å². The number of benzene rings is 1. The number of carbonyl (C=O) groups excluding carboxylic acids is 1. The molecule has 0 aliphatic carbocycles. The zero-order valence-corrected chi connectivity index (χ0v) is 10.7. The van der Waals surface area contributed by atoms with Gasteiger partial charge in [-0.15, -0.1) is 0 Å². The molecule has 0 spiro atoms. The average Bonchev–Trinajstić information content (AvgIpc) is 2.79. The first-order chi connectivity index (χ1) is 9.58. The number of aryl methyl sites for hydroxylation is 1. The van der Waals surface area contributed by atoms with Gasteiger partial charge in [-0.2, -0.15) is 5.10 Å². The highest BCUT2D eigenvalue weighted by atomic mass is 16.5. The number of hydrogen-bond donors (Lipinski definition) is 2. The Morgan fingerprint density at radius 3 is 2.70 bits per heavy atom. The van der Waals surface area contributed by atoms with Gasteiger partial charge in [0.1, 0.15) is 18.0 Å². The molecule has 20 heavy (non-hydrogen) atoms. The zero-order chi connectivity index (χ0) is 14.5. The molecule has 1 heterocycles. The number of anilines is 1. The molecule has 0 saturated heterocycles. The summed E-state index contributed by atoms with van der Waals surface area (Å²) in [6.45, 7) is 0.104. The van der Waals surface area contributed by atoms with E-state index in [-0.39, 0.29) is 18.0 Å². The van der Waals surface area contributed by atoms with Crippen LogP contribution in [0.5, 0.6) is 0 Å². The van der Waals surface area contributed by atoms with E-state index in [1.54, 1.807) is 0 Å². The fourth-order valence-electron chi connectivity index (χ4n) is 1.60. The van der Waals surface area contributed by atoms with Crippen LogP contribution in [0.3, 0.4) is 0 Å². The highest BCUT2D eigenvalue weighted by Gasteiger charge is 2.17. The Kier molecular flexibility index (Phi) is 3.99. The van der Waals surface area contributed by atoms with Gasteiger partial charge in [0.25, 0.3) is 0 Å². The standard InChI is InChI=1S/C13H13N3O4/c1-16-11(10(7-14-16)12(17)18)15-13(19)20-8-9-5-3-2-4-6-9/h2-7H,8H2,1H3,(H,15,19)(H,17,18). The van der Waals surface area contributed by atoms with Gasteiger partial charge in [0.2, 0.25) is 0 Å². The molecule has 2 rings (SSSR count). The Hall–Kier alpha value is -2.83. The van der Waals surface area contributed by atoms with Crippen LogP contribution in [0.2, 0.25) is 0 Å². The number of nitrogens with one attached hydrogen (secondary N) is 1. The van der Waals surface area contributed by atoms with Crippen molar-refractivity contribution in [3.8, 4) is 0 Å². The normalized spacial score (nSPS) is 10.1. The molecule has 104 valence electrons. The third-order valence-electron chi connectivity index (χ3n) is 2.60. The van der Waals surface area contributed by atoms with E-state index in [4.69, 9.17) is 9.84 Å². The minimum Gasteiger partial charge on any atom is -0.477 e. The molecule has 7 nitrogen and oxygen atoms in total. The summed E-state index contributed by atoms with van der Waals surface area (Å²) in [5.41, 5.74) is 0.746. The van der Waals surface area contributed by atoms with Crippen molar-refractivity contribution in [3.63, 3.8) is 0 Å². The van der Waals surface area contributed by atoms with E-state index < -0.39 is 12.1 Å². The third-order valence-corrected chi connectivity index (χ3v) is 2.60. The summed E-state index contributed by atoms with van der Waals surface area (Å²) >= 11 is 0. The second-order valence-electron chi connectivity index (χ2n) is 4.02. The Labute approximate surface area is 114 Å². The topological polar surface area (TPSA) is 93.5 Å². The van der Waals surface area contributed by atoms with Gasteiger partial charge in [0.05, 0.1) is 6.20 Å². The summed E-state index contributed by atoms with van der Waals surface area (Å²) in [6.07, 6.45) is 0.426. The summed E-state index contributed by atoms with van der Waals surface area (Å²) < 4.78 is 6.26. The van der Waals surface area contributed by atoms with Crippen molar-refractivity contribution in [2.24, 2.45) is 7.05 Å². The van der Waals surface area contributed by atoms with Crippen molar-refractivity contribution in [3.05, 3.63) is 47.7 Å². The largest absolute Gasteiger partial charge is 0.477 e. The van der Waals surface area contributed by atoms with E-state index in [1.165, 1.54) is 11.7 Å². The van der Waals surface area contributed by atoms with Crippen LogP contribution in [0.4, 0.5) is 10.6 Å². The zero-order valence-electron chi connectivity index (χ0n) is 10.7. The van der Waals surface area contributed by atoms with Gasteiger partial charge in [-0.1, -0.05) is 30.3 Å². The molecule has 0 saturated carbocycles. The fourth-order valence-corrected chi connectivity index (χ4v) is 1.60. The minimum absolute atomic E-state index is 0.0792. The van der Waals surface area contributed by atoms with Crippen LogP contribution in [-0.2, 0) is 18.4 Å². The first-order valence-corrected chi connectivity index (χ1v) is 5.81. The second kappa shape index (κ2) is 5.87. The van der Waals surface area contributed by atoms with Gasteiger partial charge >= 0.3 is 12.1 Å². The lowest BCUT2D eigenvalue weighted by molar-refractivity contribution is 0.0698. The summed E-state index contributed by atoms with van der Waals surface area (Å²) in [5, 5.41) is 15.1. The van der Waals surface area contributed by atoms with Gasteiger partial charge in [0, 0.05) is 7.05 Å². The van der Waals surface area contributed by atoms with Crippen LogP contribution in [0, 0.1) is 0 Å². The van der Waals surface area contributed by atoms with Crippen molar-refractivity contribution in [1.29, 1.82) is 0 Å². The lowest BCUT2D eigenvalue weighted by atomic mass is 10.2. The number of carbonyl (C=O) groups is 2. The predicted molar refractivity (Wildman–Crippen MR) is 70.4 cm³/mol. The number of carboxylic acid groups (broad SMARTS) is 1. The van der Waals surface area contributed by atoms with Gasteiger partial charge in [-0.05, 0) is 5.56 Å². The summed E-state index contributed by atoms with van der Waals surface area (Å²) in [7, 11) is 1.53. The molecule has 1 aromatic carbocycles. The summed E-state index contributed by atoms with van der Waals surface area (Å²) in [6, 6.07) is 9.17. The first kappa shape index (κ1) is 13.6. The van der Waals surface area contributed by atoms with E-state index in [0.717, 1.165) is 11.8 Å². The molecular weight excluding hydrogens is 262 g/mol. The lowest BCUT2D eigenvalue weighted by Crippen LogP contribution is -2.17. The van der Waals surface area contributed by atoms with Crippen molar-refractivity contribution < 1.29 is 19.4 Å². The Morgan fingerprint density at radius 2 is 2.05 bits per heavy atom. The monoisotopic (exact) mass is 275 g/mol. The summed E-state index contributed by atoms with van der Waals surface area (Å²) in [5.74, 6) is -1.09. The number of nitrogens with zero attached hydrogens (tertiary/aromatic N) is 2. The van der Waals surface area contributed by atoms with E-state index >= 15 is 0 Å². The Morgan fingerprint density at radius 1 is 1.35 bits per heavy atom. The molecular formula is C13H13N3O4. The van der Waals surface area contributed by atoms with Crippen molar-refractivity contribution >= 4 is 17.9 Å². The molecule has 0 unspecified atom stereocenters. The minimum atomic E-state index is -1.17. The van der Waals surface area contributed by atoms with Gasteiger partial charge in [-0.25, -0.2) is 9.59 Å². The maximum atomic E-state index is 11.6. The molecule has 2 N–H and O–H groups in total. The van der Waals surface area contributed by atoms with Crippen LogP contribution in [0.1, 0.15) is 15.9 Å². The third kappa shape index (κ3) is 3.14. The van der Waals surface area contributed by atoms with Crippen molar-refractivity contribution in [1.82, 2.24) is 9.78 Å². The number of rotatable bonds is 4. The van der Waals surface area contributed by atoms with Crippen LogP contribution in [0.25, 0.3) is 0 Å². The number of aromatic nitrogens is 2.